The van der Waals surface area contributed by atoms with Gasteiger partial charge in [-0.3, -0.25) is 0 Å². The van der Waals surface area contributed by atoms with Crippen molar-refractivity contribution in [2.24, 2.45) is 0 Å². The van der Waals surface area contributed by atoms with Crippen molar-refractivity contribution in [1.82, 2.24) is 0 Å². The molecule has 0 fully saturated rings. The average Bonchev–Trinajstić information content (AvgIpc) is 3.20. The molecule has 0 unspecified atom stereocenters. The number of hydrogen-bond acceptors (Lipinski definition) is 0. The zero-order chi connectivity index (χ0) is 39.4. The molecule has 0 spiro atoms. The second kappa shape index (κ2) is 34.6. The zero-order valence-corrected chi connectivity index (χ0v) is 36.8. The number of allylic oxidation sites excluding steroid dienone is 2. The molecule has 2 aromatic carbocycles. The molecule has 0 aliphatic heterocycles. The summed E-state index contributed by atoms with van der Waals surface area (Å²) in [6.45, 7) is 9.11. The fraction of sp³-hybridized carbons (Fsp3) is 0.698. The summed E-state index contributed by atoms with van der Waals surface area (Å²) in [5.74, 6) is 3.10. The fourth-order valence-electron chi connectivity index (χ4n) is 8.27. The number of benzene rings is 2. The lowest BCUT2D eigenvalue weighted by Crippen LogP contribution is -2.02. The highest BCUT2D eigenvalue weighted by molar-refractivity contribution is 5.87. The summed E-state index contributed by atoms with van der Waals surface area (Å²) in [6.07, 6.45) is 43.4. The highest BCUT2D eigenvalue weighted by Crippen LogP contribution is 2.36. The number of nitrogens with zero attached hydrogens (tertiary/aromatic N) is 2. The van der Waals surface area contributed by atoms with Gasteiger partial charge in [-0.15, -0.1) is 4.79 Å². The molecular weight excluding hydrogens is 665 g/mol. The molecule has 0 aliphatic carbocycles. The Hall–Kier alpha value is -2.66. The van der Waals surface area contributed by atoms with Crippen LogP contribution in [0.5, 0.6) is 0 Å². The lowest BCUT2D eigenvalue weighted by molar-refractivity contribution is 0.00739. The van der Waals surface area contributed by atoms with Crippen molar-refractivity contribution >= 4 is 11.4 Å². The molecule has 2 aromatic rings. The monoisotopic (exact) mass is 751 g/mol. The molecule has 0 N–H and O–H groups in total. The van der Waals surface area contributed by atoms with Gasteiger partial charge in [-0.1, -0.05) is 237 Å². The minimum absolute atomic E-state index is 0.893. The topological polar surface area (TPSA) is 36.4 Å². The van der Waals surface area contributed by atoms with Crippen molar-refractivity contribution in [3.05, 3.63) is 87.5 Å². The summed E-state index contributed by atoms with van der Waals surface area (Å²) < 4.78 is 0. The van der Waals surface area contributed by atoms with Crippen LogP contribution in [0.15, 0.2) is 59.7 Å². The summed E-state index contributed by atoms with van der Waals surface area (Å²) in [6, 6.07) is 18.6. The summed E-state index contributed by atoms with van der Waals surface area (Å²) in [5.41, 5.74) is 19.0. The summed E-state index contributed by atoms with van der Waals surface area (Å²) >= 11 is 0. The molecule has 0 amide bonds. The van der Waals surface area contributed by atoms with Crippen LogP contribution in [0.25, 0.3) is 11.1 Å². The number of hydrogen-bond donors (Lipinski definition) is 0. The predicted molar refractivity (Wildman–Crippen MR) is 244 cm³/mol. The molecule has 0 heterocycles. The third-order valence-electron chi connectivity index (χ3n) is 11.7. The second-order valence-electron chi connectivity index (χ2n) is 16.8. The van der Waals surface area contributed by atoms with Gasteiger partial charge in [0.2, 0.25) is 0 Å². The Bertz CT molecular complexity index is 1340. The van der Waals surface area contributed by atoms with Gasteiger partial charge in [0, 0.05) is 0 Å². The molecule has 55 heavy (non-hydrogen) atoms. The standard InChI is InChI=1S/C53H86N2/c1-5-9-13-14-15-16-17-18-19-20-21-22-23-24-25-26-27-28-29-30-31-33-43-52(51(46-55-54)40-12-8-4)53(49-41-34-38-47(44-49)36-11-7-3)50-42-35-39-48(45-50)37-32-10-6-2/h34-35,38-39,41-42,44-45H,5-33,36-37,40,43H2,1-4H3. The fourth-order valence-corrected chi connectivity index (χ4v) is 8.27. The molecule has 0 saturated carbocycles. The maximum atomic E-state index is 9.84. The first-order valence-electron chi connectivity index (χ1n) is 24.1. The van der Waals surface area contributed by atoms with Gasteiger partial charge in [0.15, 0.2) is 0 Å². The Balaban J connectivity index is 1.92. The van der Waals surface area contributed by atoms with Crippen molar-refractivity contribution in [3.8, 4) is 0 Å². The van der Waals surface area contributed by atoms with Gasteiger partial charge < -0.3 is 5.53 Å². The van der Waals surface area contributed by atoms with Crippen LogP contribution in [0, 0.1) is 0 Å². The molecule has 0 aromatic heterocycles. The quantitative estimate of drug-likeness (QED) is 0.0219. The maximum absolute atomic E-state index is 9.84. The van der Waals surface area contributed by atoms with Crippen molar-refractivity contribution in [1.29, 1.82) is 0 Å². The van der Waals surface area contributed by atoms with E-state index in [1.165, 1.54) is 200 Å². The van der Waals surface area contributed by atoms with E-state index in [2.05, 4.69) is 86.9 Å². The number of rotatable bonds is 36. The highest BCUT2D eigenvalue weighted by Gasteiger charge is 2.19. The molecule has 0 atom stereocenters. The van der Waals surface area contributed by atoms with E-state index in [1.54, 1.807) is 0 Å². The van der Waals surface area contributed by atoms with Crippen molar-refractivity contribution < 1.29 is 4.79 Å². The largest absolute Gasteiger partial charge is 0.348 e. The first-order chi connectivity index (χ1) is 27.2. The summed E-state index contributed by atoms with van der Waals surface area (Å²) in [5, 5.41) is 0. The third kappa shape index (κ3) is 23.2. The van der Waals surface area contributed by atoms with E-state index in [-0.39, 0.29) is 0 Å². The summed E-state index contributed by atoms with van der Waals surface area (Å²) in [7, 11) is 0. The Labute approximate surface area is 342 Å². The van der Waals surface area contributed by atoms with Gasteiger partial charge in [0.25, 0.3) is 0 Å². The minimum atomic E-state index is 0.893. The SMILES string of the molecule is CCCCCCCCCCCCCCCCCCCCCCCCC(C(=C=[N+]=[N-])CCCC)=C(c1cccc(CCCC)c1)c1cccc(CCCCC)c1. The minimum Gasteiger partial charge on any atom is -0.348 e. The van der Waals surface area contributed by atoms with Gasteiger partial charge in [-0.2, -0.15) is 0 Å². The van der Waals surface area contributed by atoms with Crippen LogP contribution in [0.4, 0.5) is 0 Å². The van der Waals surface area contributed by atoms with Crippen LogP contribution in [0.1, 0.15) is 249 Å². The van der Waals surface area contributed by atoms with E-state index in [0.29, 0.717) is 0 Å². The number of unbranched alkanes of at least 4 members (excludes halogenated alkanes) is 25. The zero-order valence-electron chi connectivity index (χ0n) is 36.8. The van der Waals surface area contributed by atoms with Crippen LogP contribution in [0.3, 0.4) is 0 Å². The molecule has 0 saturated heterocycles. The first kappa shape index (κ1) is 48.5. The van der Waals surface area contributed by atoms with E-state index in [9.17, 15) is 5.53 Å². The van der Waals surface area contributed by atoms with E-state index in [0.717, 1.165) is 50.5 Å². The molecular formula is C53H86N2. The number of aryl methyl sites for hydroxylation is 2. The van der Waals surface area contributed by atoms with Crippen molar-refractivity contribution in [3.63, 3.8) is 0 Å². The molecule has 0 radical (unpaired) electrons. The Morgan fingerprint density at radius 3 is 1.24 bits per heavy atom. The van der Waals surface area contributed by atoms with Crippen molar-refractivity contribution in [2.75, 3.05) is 0 Å². The van der Waals surface area contributed by atoms with Crippen LogP contribution in [0.2, 0.25) is 0 Å². The first-order valence-corrected chi connectivity index (χ1v) is 24.1. The second-order valence-corrected chi connectivity index (χ2v) is 16.8. The third-order valence-corrected chi connectivity index (χ3v) is 11.7. The maximum Gasteiger partial charge on any atom is 0.303 e. The molecule has 2 rings (SSSR count). The molecule has 0 bridgehead atoms. The molecule has 0 aliphatic rings. The van der Waals surface area contributed by atoms with E-state index < -0.39 is 0 Å². The van der Waals surface area contributed by atoms with E-state index in [1.807, 2.05) is 0 Å². The Morgan fingerprint density at radius 1 is 0.436 bits per heavy atom. The Morgan fingerprint density at radius 2 is 0.818 bits per heavy atom. The van der Waals surface area contributed by atoms with Crippen LogP contribution in [-0.2, 0) is 12.8 Å². The molecule has 2 nitrogen and oxygen atoms in total. The van der Waals surface area contributed by atoms with E-state index >= 15 is 0 Å². The van der Waals surface area contributed by atoms with Gasteiger partial charge in [0.05, 0.1) is 5.57 Å². The van der Waals surface area contributed by atoms with Gasteiger partial charge >= 0.3 is 5.87 Å². The van der Waals surface area contributed by atoms with Crippen LogP contribution in [-0.4, -0.2) is 10.7 Å². The van der Waals surface area contributed by atoms with Gasteiger partial charge in [-0.05, 0) is 84.8 Å². The lowest BCUT2D eigenvalue weighted by Gasteiger charge is -2.19. The molecule has 2 heteroatoms. The smallest absolute Gasteiger partial charge is 0.303 e. The highest BCUT2D eigenvalue weighted by atomic mass is 14.8. The Kier molecular flexibility index (Phi) is 30.5. The van der Waals surface area contributed by atoms with E-state index in [4.69, 9.17) is 0 Å². The van der Waals surface area contributed by atoms with Crippen LogP contribution < -0.4 is 0 Å². The van der Waals surface area contributed by atoms with Gasteiger partial charge in [0.1, 0.15) is 0 Å². The predicted octanol–water partition coefficient (Wildman–Crippen LogP) is 17.6. The van der Waals surface area contributed by atoms with Crippen molar-refractivity contribution in [2.45, 2.75) is 240 Å². The average molecular weight is 751 g/mol. The molecule has 308 valence electrons. The lowest BCUT2D eigenvalue weighted by atomic mass is 9.84. The summed E-state index contributed by atoms with van der Waals surface area (Å²) in [4.78, 5) is 3.52. The van der Waals surface area contributed by atoms with Crippen LogP contribution >= 0.6 is 0 Å². The van der Waals surface area contributed by atoms with Gasteiger partial charge in [-0.25, -0.2) is 0 Å². The normalized spacial score (nSPS) is 11.7.